The molecule has 0 bridgehead atoms. The van der Waals surface area contributed by atoms with E-state index in [4.69, 9.17) is 24.9 Å². The Morgan fingerprint density at radius 3 is 0.857 bits per heavy atom. The van der Waals surface area contributed by atoms with Gasteiger partial charge >= 0.3 is 0 Å². The van der Waals surface area contributed by atoms with Crippen LogP contribution in [-0.4, -0.2) is 29.5 Å². The van der Waals surface area contributed by atoms with Gasteiger partial charge in [-0.2, -0.15) is 0 Å². The molecule has 0 amide bonds. The van der Waals surface area contributed by atoms with Crippen LogP contribution in [0.2, 0.25) is 0 Å². The molecule has 492 valence electrons. The van der Waals surface area contributed by atoms with Crippen LogP contribution in [-0.2, 0) is 0 Å². The molecular weight excluding hydrogens is 1270 g/mol. The number of aromatic nitrogens is 6. The van der Waals surface area contributed by atoms with Crippen molar-refractivity contribution in [3.05, 3.63) is 400 Å². The Balaban J connectivity index is 0.000000150. The molecule has 0 saturated heterocycles. The molecule has 0 unspecified atom stereocenters. The highest BCUT2D eigenvalue weighted by molar-refractivity contribution is 6.18. The lowest BCUT2D eigenvalue weighted by molar-refractivity contribution is 1.07. The molecule has 0 radical (unpaired) electrons. The van der Waals surface area contributed by atoms with E-state index >= 15 is 0 Å². The summed E-state index contributed by atoms with van der Waals surface area (Å²) >= 11 is 0. The fraction of sp³-hybridized carbons (Fsp3) is 0. The Bertz CT molecular complexity index is 6240. The van der Waals surface area contributed by atoms with Crippen LogP contribution >= 0.6 is 0 Å². The number of benzene rings is 15. The van der Waals surface area contributed by atoms with Gasteiger partial charge in [-0.3, -0.25) is 4.57 Å². The number of fused-ring (bicyclic) bond motifs is 6. The Morgan fingerprint density at radius 2 is 0.467 bits per heavy atom. The SMILES string of the molecule is c1ccc(-c2cc(-c3ccc(-c4cc(-c5ccccc5)c5cc(-c6ccccc6)c6ccccc6c5n4)cc3)nc(-c3ccccc3)n2)cc1.c1ccc(-c2nc(-c3ccccc3)n(-c3ccc(-c4cc(-c5ccccc5)c5cc(-c6ccccc6)c6ccccc6c5n4)cc3)c2-c2ccccc2)cc1. The number of nitrogens with zero attached hydrogens (tertiary/aromatic N) is 6. The van der Waals surface area contributed by atoms with Crippen molar-refractivity contribution in [2.75, 3.05) is 0 Å². The lowest BCUT2D eigenvalue weighted by Gasteiger charge is -2.16. The summed E-state index contributed by atoms with van der Waals surface area (Å²) in [5.41, 5.74) is 26.5. The van der Waals surface area contributed by atoms with Gasteiger partial charge in [0.2, 0.25) is 0 Å². The Kier molecular flexibility index (Phi) is 16.9. The van der Waals surface area contributed by atoms with Crippen molar-refractivity contribution in [1.82, 2.24) is 29.5 Å². The van der Waals surface area contributed by atoms with Crippen LogP contribution < -0.4 is 0 Å². The zero-order chi connectivity index (χ0) is 69.8. The monoisotopic (exact) mass is 1340 g/mol. The highest BCUT2D eigenvalue weighted by Gasteiger charge is 2.24. The first-order valence-electron chi connectivity index (χ1n) is 35.5. The van der Waals surface area contributed by atoms with E-state index in [2.05, 4.69) is 362 Å². The molecule has 0 aliphatic carbocycles. The van der Waals surface area contributed by atoms with Gasteiger partial charge in [-0.15, -0.1) is 0 Å². The van der Waals surface area contributed by atoms with Gasteiger partial charge in [0.15, 0.2) is 5.82 Å². The predicted octanol–water partition coefficient (Wildman–Crippen LogP) is 25.8. The smallest absolute Gasteiger partial charge is 0.160 e. The number of pyridine rings is 2. The quantitative estimate of drug-likeness (QED) is 0.108. The highest BCUT2D eigenvalue weighted by atomic mass is 15.1. The summed E-state index contributed by atoms with van der Waals surface area (Å²) < 4.78 is 2.30. The molecule has 4 heterocycles. The topological polar surface area (TPSA) is 69.4 Å². The normalized spacial score (nSPS) is 11.2. The molecule has 0 aliphatic rings. The third-order valence-corrected chi connectivity index (χ3v) is 19.7. The molecule has 0 spiro atoms. The van der Waals surface area contributed by atoms with E-state index < -0.39 is 0 Å². The molecule has 0 saturated carbocycles. The maximum Gasteiger partial charge on any atom is 0.160 e. The largest absolute Gasteiger partial charge is 0.292 e. The summed E-state index contributed by atoms with van der Waals surface area (Å²) in [6, 6.07) is 140. The minimum atomic E-state index is 0.705. The molecule has 19 aromatic rings. The molecule has 0 N–H and O–H groups in total. The lowest BCUT2D eigenvalue weighted by atomic mass is 9.91. The number of hydrogen-bond donors (Lipinski definition) is 0. The fourth-order valence-corrected chi connectivity index (χ4v) is 14.6. The first-order valence-corrected chi connectivity index (χ1v) is 35.5. The molecular formula is C99H66N6. The second-order valence-corrected chi connectivity index (χ2v) is 26.2. The molecule has 4 aromatic heterocycles. The van der Waals surface area contributed by atoms with Gasteiger partial charge in [-0.25, -0.2) is 24.9 Å². The average molecular weight is 1340 g/mol. The molecule has 19 rings (SSSR count). The van der Waals surface area contributed by atoms with Crippen LogP contribution in [0.25, 0.3) is 184 Å². The summed E-state index contributed by atoms with van der Waals surface area (Å²) in [5, 5.41) is 6.94. The Hall–Kier alpha value is -14.1. The van der Waals surface area contributed by atoms with Crippen molar-refractivity contribution in [2.45, 2.75) is 0 Å². The molecule has 0 aliphatic heterocycles. The maximum atomic E-state index is 5.45. The first-order chi connectivity index (χ1) is 52.1. The van der Waals surface area contributed by atoms with Gasteiger partial charge in [-0.1, -0.05) is 358 Å². The van der Waals surface area contributed by atoms with E-state index in [1.54, 1.807) is 0 Å². The van der Waals surface area contributed by atoms with E-state index in [-0.39, 0.29) is 0 Å². The van der Waals surface area contributed by atoms with Gasteiger partial charge in [0.1, 0.15) is 5.82 Å². The van der Waals surface area contributed by atoms with Crippen LogP contribution in [0.1, 0.15) is 0 Å². The zero-order valence-corrected chi connectivity index (χ0v) is 57.3. The molecule has 0 atom stereocenters. The highest BCUT2D eigenvalue weighted by Crippen LogP contribution is 2.45. The summed E-state index contributed by atoms with van der Waals surface area (Å²) in [7, 11) is 0. The summed E-state index contributed by atoms with van der Waals surface area (Å²) in [4.78, 5) is 26.2. The zero-order valence-electron chi connectivity index (χ0n) is 57.3. The minimum Gasteiger partial charge on any atom is -0.292 e. The average Bonchev–Trinajstić information content (AvgIpc) is 1.10. The number of rotatable bonds is 13. The van der Waals surface area contributed by atoms with Crippen molar-refractivity contribution < 1.29 is 0 Å². The third-order valence-electron chi connectivity index (χ3n) is 19.7. The fourth-order valence-electron chi connectivity index (χ4n) is 14.6. The Labute approximate surface area is 609 Å². The lowest BCUT2D eigenvalue weighted by Crippen LogP contribution is -2.00. The summed E-state index contributed by atoms with van der Waals surface area (Å²) in [6.45, 7) is 0. The molecule has 6 nitrogen and oxygen atoms in total. The van der Waals surface area contributed by atoms with Crippen LogP contribution in [0.3, 0.4) is 0 Å². The summed E-state index contributed by atoms with van der Waals surface area (Å²) in [6.07, 6.45) is 0. The van der Waals surface area contributed by atoms with E-state index in [1.165, 1.54) is 33.0 Å². The maximum absolute atomic E-state index is 5.45. The number of hydrogen-bond acceptors (Lipinski definition) is 5. The van der Waals surface area contributed by atoms with Gasteiger partial charge < -0.3 is 0 Å². The van der Waals surface area contributed by atoms with Crippen molar-refractivity contribution in [3.63, 3.8) is 0 Å². The van der Waals surface area contributed by atoms with Crippen LogP contribution in [0, 0.1) is 0 Å². The second kappa shape index (κ2) is 28.2. The van der Waals surface area contributed by atoms with Crippen molar-refractivity contribution in [1.29, 1.82) is 0 Å². The minimum absolute atomic E-state index is 0.705. The summed E-state index contributed by atoms with van der Waals surface area (Å²) in [5.74, 6) is 1.60. The van der Waals surface area contributed by atoms with E-state index in [0.717, 1.165) is 145 Å². The Morgan fingerprint density at radius 1 is 0.181 bits per heavy atom. The van der Waals surface area contributed by atoms with Gasteiger partial charge in [0.25, 0.3) is 0 Å². The van der Waals surface area contributed by atoms with Gasteiger partial charge in [-0.05, 0) is 97.7 Å². The van der Waals surface area contributed by atoms with Crippen LogP contribution in [0.4, 0.5) is 0 Å². The molecule has 15 aromatic carbocycles. The number of imidazole rings is 1. The van der Waals surface area contributed by atoms with Crippen molar-refractivity contribution >= 4 is 43.4 Å². The first kappa shape index (κ1) is 63.1. The van der Waals surface area contributed by atoms with Crippen molar-refractivity contribution in [3.8, 4) is 141 Å². The standard InChI is InChI=1S/C52H35N3.C47H31N3/c1-6-18-36(19-7-1)45-34-47-46(37-20-8-2-9-21-37)35-48(53-50(47)44-29-17-16-28-43(44)45)38-30-32-42(33-31-38)55-51(40-24-12-4-13-25-40)49(39-22-10-3-11-23-39)54-52(55)41-26-14-5-15-27-41;1-5-15-32(16-6-1)40-29-42-41(33-17-7-2-8-18-33)30-43(48-46(42)39-24-14-13-23-38(39)40)35-25-27-36(28-26-35)45-31-44(34-19-9-3-10-20-34)49-47(50-45)37-21-11-4-12-22-37/h1-35H;1-31H. The van der Waals surface area contributed by atoms with Crippen LogP contribution in [0.15, 0.2) is 400 Å². The van der Waals surface area contributed by atoms with E-state index in [9.17, 15) is 0 Å². The second-order valence-electron chi connectivity index (χ2n) is 26.2. The molecule has 6 heteroatoms. The molecule has 0 fully saturated rings. The van der Waals surface area contributed by atoms with Crippen molar-refractivity contribution in [2.24, 2.45) is 0 Å². The third kappa shape index (κ3) is 12.5. The van der Waals surface area contributed by atoms with Gasteiger partial charge in [0, 0.05) is 71.7 Å². The van der Waals surface area contributed by atoms with E-state index in [1.807, 2.05) is 42.5 Å². The molecule has 105 heavy (non-hydrogen) atoms. The van der Waals surface area contributed by atoms with E-state index in [0.29, 0.717) is 5.82 Å². The van der Waals surface area contributed by atoms with Gasteiger partial charge in [0.05, 0.1) is 45.2 Å². The predicted molar refractivity (Wildman–Crippen MR) is 436 cm³/mol. The van der Waals surface area contributed by atoms with Crippen LogP contribution in [0.5, 0.6) is 0 Å².